The number of aldehydes is 1. The number of ether oxygens (including phenoxy) is 4. The van der Waals surface area contributed by atoms with E-state index in [1.54, 1.807) is 0 Å². The van der Waals surface area contributed by atoms with Gasteiger partial charge in [-0.05, 0) is 56.9 Å². The summed E-state index contributed by atoms with van der Waals surface area (Å²) in [5.41, 5.74) is 1.28. The van der Waals surface area contributed by atoms with E-state index < -0.39 is 6.10 Å². The zero-order chi connectivity index (χ0) is 23.6. The molecule has 3 fully saturated rings. The first kappa shape index (κ1) is 25.5. The summed E-state index contributed by atoms with van der Waals surface area (Å²) in [5.74, 6) is -0.205. The second-order valence-corrected chi connectivity index (χ2v) is 9.80. The van der Waals surface area contributed by atoms with E-state index in [-0.39, 0.29) is 36.6 Å². The van der Waals surface area contributed by atoms with Crippen molar-refractivity contribution in [2.75, 3.05) is 13.2 Å². The van der Waals surface area contributed by atoms with Crippen LogP contribution in [0.4, 0.5) is 0 Å². The molecule has 2 aliphatic heterocycles. The molecule has 0 bridgehead atoms. The van der Waals surface area contributed by atoms with E-state index in [9.17, 15) is 9.90 Å². The van der Waals surface area contributed by atoms with Gasteiger partial charge in [0, 0.05) is 37.9 Å². The maximum Gasteiger partial charge on any atom is 0.158 e. The Balaban J connectivity index is 1.45. The quantitative estimate of drug-likeness (QED) is 0.375. The third-order valence-corrected chi connectivity index (χ3v) is 7.30. The van der Waals surface area contributed by atoms with Gasteiger partial charge in [-0.1, -0.05) is 42.5 Å². The molecule has 1 saturated carbocycles. The van der Waals surface area contributed by atoms with Gasteiger partial charge in [-0.15, -0.1) is 0 Å². The van der Waals surface area contributed by atoms with Crippen molar-refractivity contribution in [2.45, 2.75) is 95.1 Å². The normalized spacial score (nSPS) is 33.2. The second kappa shape index (κ2) is 13.5. The summed E-state index contributed by atoms with van der Waals surface area (Å²) in [4.78, 5) is 11.4. The Bertz CT molecular complexity index is 741. The van der Waals surface area contributed by atoms with Crippen LogP contribution in [0.1, 0.15) is 63.4 Å². The molecule has 0 spiro atoms. The molecule has 6 heteroatoms. The van der Waals surface area contributed by atoms with Crippen LogP contribution in [0.3, 0.4) is 0 Å². The SMILES string of the molecule is O=CC[C@@H]1[C@@H](C=C[C@H](CCc2ccccc2)OC2CCCCO2)[C@H](OC2CCCCO2)C[C@@H]1O. The first-order valence-corrected chi connectivity index (χ1v) is 13.1. The lowest BCUT2D eigenvalue weighted by Gasteiger charge is -2.29. The molecule has 1 aliphatic carbocycles. The third kappa shape index (κ3) is 7.46. The number of aliphatic hydroxyl groups excluding tert-OH is 1. The van der Waals surface area contributed by atoms with Crippen LogP contribution in [-0.2, 0) is 30.2 Å². The van der Waals surface area contributed by atoms with Gasteiger partial charge in [0.15, 0.2) is 12.6 Å². The number of carbonyl (C=O) groups is 1. The number of carbonyl (C=O) groups excluding carboxylic acids is 1. The van der Waals surface area contributed by atoms with Gasteiger partial charge in [0.25, 0.3) is 0 Å². The van der Waals surface area contributed by atoms with E-state index in [2.05, 4.69) is 36.4 Å². The van der Waals surface area contributed by atoms with Crippen molar-refractivity contribution in [1.29, 1.82) is 0 Å². The van der Waals surface area contributed by atoms with Crippen LogP contribution in [0.15, 0.2) is 42.5 Å². The van der Waals surface area contributed by atoms with Crippen LogP contribution >= 0.6 is 0 Å². The van der Waals surface area contributed by atoms with E-state index in [4.69, 9.17) is 18.9 Å². The molecule has 4 rings (SSSR count). The molecule has 1 aromatic carbocycles. The molecule has 188 valence electrons. The predicted molar refractivity (Wildman–Crippen MR) is 129 cm³/mol. The average molecular weight is 473 g/mol. The Hall–Kier alpha value is -1.57. The van der Waals surface area contributed by atoms with Gasteiger partial charge in [0.05, 0.1) is 18.3 Å². The molecule has 7 atom stereocenters. The number of hydrogen-bond acceptors (Lipinski definition) is 6. The second-order valence-electron chi connectivity index (χ2n) is 9.80. The van der Waals surface area contributed by atoms with Crippen LogP contribution < -0.4 is 0 Å². The Kier molecular flexibility index (Phi) is 10.1. The molecule has 2 unspecified atom stereocenters. The summed E-state index contributed by atoms with van der Waals surface area (Å²) in [5, 5.41) is 10.7. The minimum Gasteiger partial charge on any atom is -0.393 e. The molecule has 2 heterocycles. The van der Waals surface area contributed by atoms with Crippen molar-refractivity contribution >= 4 is 6.29 Å². The number of aryl methyl sites for hydroxylation is 1. The number of benzene rings is 1. The lowest BCUT2D eigenvalue weighted by Crippen LogP contribution is -2.31. The van der Waals surface area contributed by atoms with Crippen molar-refractivity contribution < 1.29 is 28.8 Å². The molecule has 34 heavy (non-hydrogen) atoms. The average Bonchev–Trinajstić information content (AvgIpc) is 3.16. The summed E-state index contributed by atoms with van der Waals surface area (Å²) >= 11 is 0. The Morgan fingerprint density at radius 2 is 1.76 bits per heavy atom. The van der Waals surface area contributed by atoms with Crippen LogP contribution in [-0.4, -0.2) is 55.5 Å². The van der Waals surface area contributed by atoms with Crippen LogP contribution in [0.5, 0.6) is 0 Å². The monoisotopic (exact) mass is 472 g/mol. The summed E-state index contributed by atoms with van der Waals surface area (Å²) < 4.78 is 24.3. The fourth-order valence-corrected chi connectivity index (χ4v) is 5.38. The van der Waals surface area contributed by atoms with Crippen LogP contribution in [0.25, 0.3) is 0 Å². The predicted octanol–water partition coefficient (Wildman–Crippen LogP) is 4.59. The fraction of sp³-hybridized carbons (Fsp3) is 0.679. The van der Waals surface area contributed by atoms with Gasteiger partial charge in [-0.3, -0.25) is 0 Å². The lowest BCUT2D eigenvalue weighted by molar-refractivity contribution is -0.193. The van der Waals surface area contributed by atoms with E-state index in [1.165, 1.54) is 5.56 Å². The number of rotatable bonds is 11. The van der Waals surface area contributed by atoms with Gasteiger partial charge < -0.3 is 28.8 Å². The third-order valence-electron chi connectivity index (χ3n) is 7.30. The zero-order valence-electron chi connectivity index (χ0n) is 20.1. The van der Waals surface area contributed by atoms with E-state index in [1.807, 2.05) is 6.07 Å². The van der Waals surface area contributed by atoms with Crippen molar-refractivity contribution in [3.05, 3.63) is 48.0 Å². The minimum atomic E-state index is -0.557. The molecule has 0 aromatic heterocycles. The Morgan fingerprint density at radius 3 is 2.44 bits per heavy atom. The highest BCUT2D eigenvalue weighted by Gasteiger charge is 2.43. The van der Waals surface area contributed by atoms with E-state index in [0.29, 0.717) is 12.8 Å². The molecule has 1 aromatic rings. The van der Waals surface area contributed by atoms with Crippen LogP contribution in [0, 0.1) is 11.8 Å². The lowest BCUT2D eigenvalue weighted by atomic mass is 9.90. The van der Waals surface area contributed by atoms with Gasteiger partial charge in [-0.2, -0.15) is 0 Å². The molecule has 3 aliphatic rings. The Morgan fingerprint density at radius 1 is 1.03 bits per heavy atom. The standard InChI is InChI=1S/C28H40O6/c29-17-16-23-24(26(20-25(23)30)34-28-11-5-7-19-32-28)15-14-22(33-27-10-4-6-18-31-27)13-12-21-8-2-1-3-9-21/h1-3,8-9,14-15,17,22-28,30H,4-7,10-13,16,18-20H2/t22-,23+,24+,25-,26+,27?,28?/m0/s1. The van der Waals surface area contributed by atoms with Gasteiger partial charge in [-0.25, -0.2) is 0 Å². The summed E-state index contributed by atoms with van der Waals surface area (Å²) in [7, 11) is 0. The van der Waals surface area contributed by atoms with Gasteiger partial charge >= 0.3 is 0 Å². The molecule has 6 nitrogen and oxygen atoms in total. The van der Waals surface area contributed by atoms with E-state index in [0.717, 1.165) is 70.9 Å². The zero-order valence-corrected chi connectivity index (χ0v) is 20.1. The first-order chi connectivity index (χ1) is 16.7. The highest BCUT2D eigenvalue weighted by atomic mass is 16.7. The first-order valence-electron chi connectivity index (χ1n) is 13.1. The minimum absolute atomic E-state index is 0.0548. The van der Waals surface area contributed by atoms with Crippen molar-refractivity contribution in [3.63, 3.8) is 0 Å². The maximum absolute atomic E-state index is 11.4. The number of hydrogen-bond donors (Lipinski definition) is 1. The topological polar surface area (TPSA) is 74.2 Å². The molecule has 0 amide bonds. The fourth-order valence-electron chi connectivity index (χ4n) is 5.38. The molecule has 1 N–H and O–H groups in total. The number of aliphatic hydroxyl groups is 1. The van der Waals surface area contributed by atoms with Gasteiger partial charge in [0.2, 0.25) is 0 Å². The maximum atomic E-state index is 11.4. The van der Waals surface area contributed by atoms with Crippen LogP contribution in [0.2, 0.25) is 0 Å². The highest BCUT2D eigenvalue weighted by Crippen LogP contribution is 2.39. The highest BCUT2D eigenvalue weighted by molar-refractivity contribution is 5.50. The molecule has 0 radical (unpaired) electrons. The largest absolute Gasteiger partial charge is 0.393 e. The van der Waals surface area contributed by atoms with E-state index >= 15 is 0 Å². The summed E-state index contributed by atoms with van der Waals surface area (Å²) in [6, 6.07) is 10.4. The smallest absolute Gasteiger partial charge is 0.158 e. The van der Waals surface area contributed by atoms with Crippen molar-refractivity contribution in [1.82, 2.24) is 0 Å². The van der Waals surface area contributed by atoms with Crippen molar-refractivity contribution in [2.24, 2.45) is 11.8 Å². The summed E-state index contributed by atoms with van der Waals surface area (Å²) in [6.07, 6.45) is 12.6. The molecular weight excluding hydrogens is 432 g/mol. The van der Waals surface area contributed by atoms with Gasteiger partial charge in [0.1, 0.15) is 6.29 Å². The molecular formula is C28H40O6. The van der Waals surface area contributed by atoms with Crippen molar-refractivity contribution in [3.8, 4) is 0 Å². The molecule has 2 saturated heterocycles. The Labute approximate surface area is 203 Å². The summed E-state index contributed by atoms with van der Waals surface area (Å²) in [6.45, 7) is 1.46.